The van der Waals surface area contributed by atoms with Crippen LogP contribution in [-0.4, -0.2) is 56.8 Å². The molecule has 0 aromatic heterocycles. The maximum atomic E-state index is 14.5. The lowest BCUT2D eigenvalue weighted by Crippen LogP contribution is -2.53. The smallest absolute Gasteiger partial charge is 0.273 e. The summed E-state index contributed by atoms with van der Waals surface area (Å²) < 4.78 is 35.0. The molecular weight excluding hydrogens is 703 g/mol. The molecule has 0 saturated heterocycles. The average molecular weight is 734 g/mol. The van der Waals surface area contributed by atoms with Crippen LogP contribution in [0.3, 0.4) is 0 Å². The van der Waals surface area contributed by atoms with Crippen LogP contribution in [0.1, 0.15) is 16.7 Å². The van der Waals surface area contributed by atoms with E-state index < -0.39 is 49.9 Å². The number of nitro groups is 1. The van der Waals surface area contributed by atoms with Gasteiger partial charge in [0.2, 0.25) is 11.8 Å². The highest BCUT2D eigenvalue weighted by Crippen LogP contribution is 2.36. The van der Waals surface area contributed by atoms with Gasteiger partial charge in [-0.05, 0) is 54.4 Å². The van der Waals surface area contributed by atoms with Crippen molar-refractivity contribution in [2.75, 3.05) is 25.0 Å². The number of nitro benzene ring substituents is 1. The quantitative estimate of drug-likeness (QED) is 0.123. The van der Waals surface area contributed by atoms with Gasteiger partial charge < -0.3 is 15.0 Å². The number of carbonyl (C=O) groups excluding carboxylic acids is 2. The first kappa shape index (κ1) is 36.5. The second-order valence-electron chi connectivity index (χ2n) is 10.6. The first-order chi connectivity index (χ1) is 22.8. The van der Waals surface area contributed by atoms with Crippen LogP contribution in [0.25, 0.3) is 0 Å². The molecule has 11 nitrogen and oxygen atoms in total. The van der Waals surface area contributed by atoms with E-state index in [-0.39, 0.29) is 40.0 Å². The third-order valence-corrected chi connectivity index (χ3v) is 10.1. The van der Waals surface area contributed by atoms with Crippen molar-refractivity contribution in [2.24, 2.45) is 0 Å². The van der Waals surface area contributed by atoms with E-state index in [9.17, 15) is 28.1 Å². The van der Waals surface area contributed by atoms with E-state index in [4.69, 9.17) is 39.5 Å². The van der Waals surface area contributed by atoms with Gasteiger partial charge in [-0.25, -0.2) is 8.42 Å². The van der Waals surface area contributed by atoms with Crippen LogP contribution >= 0.6 is 34.8 Å². The summed E-state index contributed by atoms with van der Waals surface area (Å²) in [4.78, 5) is 39.8. The fourth-order valence-corrected chi connectivity index (χ4v) is 7.07. The third kappa shape index (κ3) is 8.37. The Labute approximate surface area is 293 Å². The third-order valence-electron chi connectivity index (χ3n) is 7.53. The molecule has 1 atom stereocenters. The van der Waals surface area contributed by atoms with Crippen LogP contribution in [0.4, 0.5) is 11.4 Å². The van der Waals surface area contributed by atoms with Gasteiger partial charge in [0.05, 0.1) is 22.6 Å². The minimum atomic E-state index is -4.70. The van der Waals surface area contributed by atoms with Gasteiger partial charge in [0, 0.05) is 46.7 Å². The number of aryl methyl sites for hydroxylation is 1. The largest absolute Gasteiger partial charge is 0.495 e. The summed E-state index contributed by atoms with van der Waals surface area (Å²) in [6.45, 7) is 0.422. The lowest BCUT2D eigenvalue weighted by Gasteiger charge is -2.34. The van der Waals surface area contributed by atoms with Crippen molar-refractivity contribution in [3.05, 3.63) is 127 Å². The molecule has 252 valence electrons. The molecule has 0 bridgehead atoms. The number of ether oxygens (including phenoxy) is 1. The molecule has 0 aliphatic rings. The molecule has 0 fully saturated rings. The normalized spacial score (nSPS) is 11.8. The first-order valence-corrected chi connectivity index (χ1v) is 16.9. The molecule has 0 aliphatic carbocycles. The molecule has 0 aliphatic heterocycles. The number of benzene rings is 4. The molecule has 15 heteroatoms. The zero-order valence-electron chi connectivity index (χ0n) is 26.0. The monoisotopic (exact) mass is 732 g/mol. The lowest BCUT2D eigenvalue weighted by atomic mass is 10.0. The second kappa shape index (κ2) is 15.7. The molecule has 2 amide bonds. The van der Waals surface area contributed by atoms with Crippen molar-refractivity contribution in [3.8, 4) is 5.75 Å². The van der Waals surface area contributed by atoms with Crippen LogP contribution < -0.4 is 14.4 Å². The van der Waals surface area contributed by atoms with Crippen LogP contribution in [0.5, 0.6) is 5.75 Å². The van der Waals surface area contributed by atoms with E-state index in [0.29, 0.717) is 10.6 Å². The zero-order chi connectivity index (χ0) is 35.2. The SMILES string of the molecule is CNC(=O)[C@@H](Cc1ccccc1)N(Cc1ccc(Cl)cc1Cl)C(=O)CN(c1cc(Cl)ccc1OC)S(=O)(=O)c1ccc(C)c([N+](=O)[O-])c1. The van der Waals surface area contributed by atoms with Crippen LogP contribution in [0.2, 0.25) is 15.1 Å². The van der Waals surface area contributed by atoms with E-state index in [1.807, 2.05) is 6.07 Å². The van der Waals surface area contributed by atoms with Gasteiger partial charge in [0.25, 0.3) is 15.7 Å². The van der Waals surface area contributed by atoms with E-state index in [0.717, 1.165) is 15.9 Å². The molecule has 4 rings (SSSR count). The summed E-state index contributed by atoms with van der Waals surface area (Å²) in [7, 11) is -1.96. The molecule has 0 spiro atoms. The number of nitrogens with zero attached hydrogens (tertiary/aromatic N) is 3. The number of likely N-dealkylation sites (N-methyl/N-ethyl adjacent to an activating group) is 1. The Morgan fingerprint density at radius 1 is 0.958 bits per heavy atom. The molecule has 4 aromatic carbocycles. The number of nitrogens with one attached hydrogen (secondary N) is 1. The van der Waals surface area contributed by atoms with Crippen LogP contribution in [0.15, 0.2) is 89.8 Å². The fraction of sp³-hybridized carbons (Fsp3) is 0.212. The molecule has 0 radical (unpaired) electrons. The number of amides is 2. The van der Waals surface area contributed by atoms with Crippen molar-refractivity contribution in [1.29, 1.82) is 0 Å². The molecule has 0 saturated carbocycles. The minimum Gasteiger partial charge on any atom is -0.495 e. The van der Waals surface area contributed by atoms with Gasteiger partial charge in [-0.3, -0.25) is 24.0 Å². The van der Waals surface area contributed by atoms with Crippen molar-refractivity contribution in [3.63, 3.8) is 0 Å². The first-order valence-electron chi connectivity index (χ1n) is 14.4. The number of hydrogen-bond donors (Lipinski definition) is 1. The Hall–Kier alpha value is -4.36. The molecule has 0 heterocycles. The maximum Gasteiger partial charge on any atom is 0.273 e. The summed E-state index contributed by atoms with van der Waals surface area (Å²) >= 11 is 18.9. The minimum absolute atomic E-state index is 0.0526. The molecule has 48 heavy (non-hydrogen) atoms. The Morgan fingerprint density at radius 3 is 2.25 bits per heavy atom. The predicted molar refractivity (Wildman–Crippen MR) is 185 cm³/mol. The van der Waals surface area contributed by atoms with Crippen molar-refractivity contribution in [1.82, 2.24) is 10.2 Å². The Balaban J connectivity index is 1.89. The number of sulfonamides is 1. The van der Waals surface area contributed by atoms with E-state index in [2.05, 4.69) is 5.32 Å². The number of hydrogen-bond acceptors (Lipinski definition) is 7. The highest BCUT2D eigenvalue weighted by Gasteiger charge is 2.36. The second-order valence-corrected chi connectivity index (χ2v) is 13.8. The number of carbonyl (C=O) groups is 2. The average Bonchev–Trinajstić information content (AvgIpc) is 3.06. The summed E-state index contributed by atoms with van der Waals surface area (Å²) in [5.41, 5.74) is 0.883. The summed E-state index contributed by atoms with van der Waals surface area (Å²) in [6, 6.07) is 20.2. The van der Waals surface area contributed by atoms with E-state index in [1.54, 1.807) is 36.4 Å². The van der Waals surface area contributed by atoms with E-state index in [1.165, 1.54) is 62.4 Å². The van der Waals surface area contributed by atoms with Gasteiger partial charge in [-0.15, -0.1) is 0 Å². The lowest BCUT2D eigenvalue weighted by molar-refractivity contribution is -0.385. The fourth-order valence-electron chi connectivity index (χ4n) is 5.00. The topological polar surface area (TPSA) is 139 Å². The van der Waals surface area contributed by atoms with Crippen molar-refractivity contribution in [2.45, 2.75) is 30.8 Å². The number of anilines is 1. The number of methoxy groups -OCH3 is 1. The van der Waals surface area contributed by atoms with Gasteiger partial charge in [-0.1, -0.05) is 77.3 Å². The maximum absolute atomic E-state index is 14.5. The zero-order valence-corrected chi connectivity index (χ0v) is 29.1. The van der Waals surface area contributed by atoms with Gasteiger partial charge in [0.15, 0.2) is 0 Å². The highest BCUT2D eigenvalue weighted by atomic mass is 35.5. The predicted octanol–water partition coefficient (Wildman–Crippen LogP) is 6.45. The van der Waals surface area contributed by atoms with Gasteiger partial charge >= 0.3 is 0 Å². The van der Waals surface area contributed by atoms with Crippen LogP contribution in [0, 0.1) is 17.0 Å². The summed E-state index contributed by atoms with van der Waals surface area (Å²) in [6.07, 6.45) is 0.0782. The van der Waals surface area contributed by atoms with Crippen molar-refractivity contribution < 1.29 is 27.7 Å². The number of halogens is 3. The Kier molecular flexibility index (Phi) is 11.9. The Bertz CT molecular complexity index is 1950. The molecule has 0 unspecified atom stereocenters. The van der Waals surface area contributed by atoms with Gasteiger partial charge in [0.1, 0.15) is 18.3 Å². The van der Waals surface area contributed by atoms with Gasteiger partial charge in [-0.2, -0.15) is 0 Å². The summed E-state index contributed by atoms with van der Waals surface area (Å²) in [5.74, 6) is -1.25. The molecular formula is C33H31Cl3N4O7S. The molecule has 4 aromatic rings. The summed E-state index contributed by atoms with van der Waals surface area (Å²) in [5, 5.41) is 15.0. The number of rotatable bonds is 13. The van der Waals surface area contributed by atoms with Crippen molar-refractivity contribution >= 4 is 68.0 Å². The standard InChI is InChI=1S/C33H31Cl3N4O7S/c1-21-9-13-26(18-28(21)40(43)44)48(45,46)39(29-17-25(35)12-14-31(29)47-3)20-32(41)38(19-23-10-11-24(34)16-27(23)36)30(33(42)37-2)15-22-7-5-4-6-8-22/h4-14,16-18,30H,15,19-20H2,1-3H3,(H,37,42)/t30-/m1/s1. The highest BCUT2D eigenvalue weighted by molar-refractivity contribution is 7.92. The van der Waals surface area contributed by atoms with Crippen LogP contribution in [-0.2, 0) is 32.6 Å². The Morgan fingerprint density at radius 2 is 1.62 bits per heavy atom. The molecule has 1 N–H and O–H groups in total. The van der Waals surface area contributed by atoms with E-state index >= 15 is 0 Å².